The zero-order valence-corrected chi connectivity index (χ0v) is 15.8. The minimum atomic E-state index is -0.386. The third-order valence-electron chi connectivity index (χ3n) is 5.51. The van der Waals surface area contributed by atoms with Crippen LogP contribution in [0.1, 0.15) is 31.4 Å². The normalized spacial score (nSPS) is 19.1. The zero-order valence-electron chi connectivity index (χ0n) is 15.8. The Morgan fingerprint density at radius 2 is 2.11 bits per heavy atom. The van der Waals surface area contributed by atoms with E-state index in [4.69, 9.17) is 4.42 Å². The van der Waals surface area contributed by atoms with Crippen molar-refractivity contribution in [3.63, 3.8) is 0 Å². The fourth-order valence-electron chi connectivity index (χ4n) is 4.02. The predicted octanol–water partition coefficient (Wildman–Crippen LogP) is 3.02. The van der Waals surface area contributed by atoms with Crippen LogP contribution in [-0.2, 0) is 22.6 Å². The van der Waals surface area contributed by atoms with Crippen LogP contribution in [0.2, 0.25) is 0 Å². The highest BCUT2D eigenvalue weighted by atomic mass is 16.3. The smallest absolute Gasteiger partial charge is 0.220 e. The molecule has 0 saturated carbocycles. The first-order chi connectivity index (χ1) is 13.6. The maximum Gasteiger partial charge on any atom is 0.220 e. The molecule has 1 fully saturated rings. The molecule has 2 N–H and O–H groups in total. The van der Waals surface area contributed by atoms with Crippen molar-refractivity contribution in [2.45, 2.75) is 44.2 Å². The fourth-order valence-corrected chi connectivity index (χ4v) is 4.02. The average Bonchev–Trinajstić information content (AvgIpc) is 3.42. The molecule has 3 heterocycles. The second-order valence-corrected chi connectivity index (χ2v) is 7.50. The van der Waals surface area contributed by atoms with Gasteiger partial charge in [-0.05, 0) is 42.5 Å². The number of carbonyl (C=O) groups excluding carboxylic acids is 2. The van der Waals surface area contributed by atoms with Gasteiger partial charge >= 0.3 is 0 Å². The lowest BCUT2D eigenvalue weighted by Crippen LogP contribution is -2.44. The Hall–Kier alpha value is -3.02. The van der Waals surface area contributed by atoms with Gasteiger partial charge in [0, 0.05) is 49.6 Å². The van der Waals surface area contributed by atoms with Crippen LogP contribution < -0.4 is 10.6 Å². The number of hydrogen-bond acceptors (Lipinski definition) is 3. The highest BCUT2D eigenvalue weighted by Gasteiger charge is 2.38. The number of carbonyl (C=O) groups is 2. The lowest BCUT2D eigenvalue weighted by molar-refractivity contribution is -0.122. The van der Waals surface area contributed by atoms with Crippen LogP contribution in [0, 0.1) is 0 Å². The topological polar surface area (TPSA) is 76.3 Å². The molecule has 6 nitrogen and oxygen atoms in total. The number of para-hydroxylation sites is 1. The summed E-state index contributed by atoms with van der Waals surface area (Å²) in [5, 5.41) is 7.28. The van der Waals surface area contributed by atoms with Crippen LogP contribution in [0.25, 0.3) is 10.9 Å². The Labute approximate surface area is 163 Å². The van der Waals surface area contributed by atoms with Crippen molar-refractivity contribution in [3.05, 3.63) is 60.7 Å². The molecule has 3 aromatic rings. The van der Waals surface area contributed by atoms with Crippen LogP contribution in [0.15, 0.2) is 59.3 Å². The summed E-state index contributed by atoms with van der Waals surface area (Å²) >= 11 is 0. The van der Waals surface area contributed by atoms with Gasteiger partial charge in [0.05, 0.1) is 6.26 Å². The van der Waals surface area contributed by atoms with Gasteiger partial charge in [0.1, 0.15) is 5.76 Å². The monoisotopic (exact) mass is 379 g/mol. The van der Waals surface area contributed by atoms with Gasteiger partial charge in [-0.1, -0.05) is 18.2 Å². The first kappa shape index (κ1) is 18.3. The summed E-state index contributed by atoms with van der Waals surface area (Å²) in [5.74, 6) is 0.893. The number of nitrogens with zero attached hydrogens (tertiary/aromatic N) is 1. The number of nitrogens with one attached hydrogen (secondary N) is 2. The van der Waals surface area contributed by atoms with E-state index in [0.717, 1.165) is 18.7 Å². The van der Waals surface area contributed by atoms with Crippen LogP contribution in [0.4, 0.5) is 0 Å². The molecule has 146 valence electrons. The standard InChI is InChI=1S/C22H25N3O3/c26-20(23-12-14-25-13-9-17-4-1-2-6-19(17)25)7-10-22(11-8-21(27)24-22)16-18-5-3-15-28-18/h1-6,9,13,15H,7-8,10-12,14,16H2,(H,23,26)(H,24,27)/t22-/m1/s1. The minimum absolute atomic E-state index is 0.0106. The first-order valence-corrected chi connectivity index (χ1v) is 9.78. The zero-order chi connectivity index (χ0) is 19.4. The lowest BCUT2D eigenvalue weighted by Gasteiger charge is -2.28. The molecule has 4 rings (SSSR count). The molecule has 0 spiro atoms. The summed E-state index contributed by atoms with van der Waals surface area (Å²) < 4.78 is 7.59. The van der Waals surface area contributed by atoms with Crippen molar-refractivity contribution in [1.82, 2.24) is 15.2 Å². The molecule has 28 heavy (non-hydrogen) atoms. The Bertz CT molecular complexity index is 960. The van der Waals surface area contributed by atoms with Crippen LogP contribution in [0.3, 0.4) is 0 Å². The molecule has 2 amide bonds. The number of benzene rings is 1. The third kappa shape index (κ3) is 4.11. The Kier molecular flexibility index (Phi) is 5.19. The SMILES string of the molecule is O=C(CC[C@]1(Cc2ccco2)CCC(=O)N1)NCCn1ccc2ccccc21. The summed E-state index contributed by atoms with van der Waals surface area (Å²) in [6, 6.07) is 14.0. The molecule has 0 bridgehead atoms. The lowest BCUT2D eigenvalue weighted by atomic mass is 9.87. The van der Waals surface area contributed by atoms with E-state index in [1.807, 2.05) is 30.5 Å². The van der Waals surface area contributed by atoms with Crippen molar-refractivity contribution in [2.24, 2.45) is 0 Å². The van der Waals surface area contributed by atoms with E-state index in [0.29, 0.717) is 32.2 Å². The molecule has 1 saturated heterocycles. The molecule has 0 radical (unpaired) electrons. The summed E-state index contributed by atoms with van der Waals surface area (Å²) in [5.41, 5.74) is 0.783. The summed E-state index contributed by atoms with van der Waals surface area (Å²) in [7, 11) is 0. The molecule has 6 heteroatoms. The van der Waals surface area contributed by atoms with E-state index < -0.39 is 0 Å². The number of fused-ring (bicyclic) bond motifs is 1. The van der Waals surface area contributed by atoms with Gasteiger partial charge in [0.15, 0.2) is 0 Å². The van der Waals surface area contributed by atoms with E-state index in [2.05, 4.69) is 33.4 Å². The van der Waals surface area contributed by atoms with Crippen molar-refractivity contribution >= 4 is 22.7 Å². The molecule has 1 aromatic carbocycles. The summed E-state index contributed by atoms with van der Waals surface area (Å²) in [4.78, 5) is 24.2. The van der Waals surface area contributed by atoms with Gasteiger partial charge < -0.3 is 19.6 Å². The van der Waals surface area contributed by atoms with Crippen molar-refractivity contribution in [2.75, 3.05) is 6.54 Å². The van der Waals surface area contributed by atoms with Gasteiger partial charge in [-0.25, -0.2) is 0 Å². The molecule has 1 atom stereocenters. The van der Waals surface area contributed by atoms with E-state index in [9.17, 15) is 9.59 Å². The van der Waals surface area contributed by atoms with E-state index in [1.54, 1.807) is 6.26 Å². The quantitative estimate of drug-likeness (QED) is 0.632. The molecule has 0 unspecified atom stereocenters. The Balaban J connectivity index is 1.28. The number of amides is 2. The van der Waals surface area contributed by atoms with Crippen molar-refractivity contribution in [1.29, 1.82) is 0 Å². The maximum atomic E-state index is 12.4. The number of rotatable bonds is 8. The van der Waals surface area contributed by atoms with E-state index >= 15 is 0 Å². The average molecular weight is 379 g/mol. The molecule has 1 aliphatic rings. The first-order valence-electron chi connectivity index (χ1n) is 9.78. The Morgan fingerprint density at radius 3 is 2.89 bits per heavy atom. The highest BCUT2D eigenvalue weighted by Crippen LogP contribution is 2.29. The molecular weight excluding hydrogens is 354 g/mol. The molecular formula is C22H25N3O3. The van der Waals surface area contributed by atoms with E-state index in [1.165, 1.54) is 10.9 Å². The maximum absolute atomic E-state index is 12.4. The number of aromatic nitrogens is 1. The highest BCUT2D eigenvalue weighted by molar-refractivity contribution is 5.81. The Morgan fingerprint density at radius 1 is 1.21 bits per heavy atom. The van der Waals surface area contributed by atoms with Crippen molar-refractivity contribution < 1.29 is 14.0 Å². The third-order valence-corrected chi connectivity index (χ3v) is 5.51. The number of furan rings is 1. The van der Waals surface area contributed by atoms with Gasteiger partial charge in [-0.15, -0.1) is 0 Å². The second kappa shape index (κ2) is 7.92. The summed E-state index contributed by atoms with van der Waals surface area (Å²) in [6.07, 6.45) is 6.53. The molecule has 2 aromatic heterocycles. The summed E-state index contributed by atoms with van der Waals surface area (Å²) in [6.45, 7) is 1.31. The van der Waals surface area contributed by atoms with Crippen LogP contribution >= 0.6 is 0 Å². The fraction of sp³-hybridized carbons (Fsp3) is 0.364. The van der Waals surface area contributed by atoms with Crippen LogP contribution in [-0.4, -0.2) is 28.5 Å². The predicted molar refractivity (Wildman–Crippen MR) is 107 cm³/mol. The van der Waals surface area contributed by atoms with Gasteiger partial charge in [0.2, 0.25) is 11.8 Å². The minimum Gasteiger partial charge on any atom is -0.469 e. The van der Waals surface area contributed by atoms with Gasteiger partial charge in [0.25, 0.3) is 0 Å². The molecule has 1 aliphatic heterocycles. The van der Waals surface area contributed by atoms with Gasteiger partial charge in [-0.3, -0.25) is 9.59 Å². The van der Waals surface area contributed by atoms with E-state index in [-0.39, 0.29) is 17.4 Å². The largest absolute Gasteiger partial charge is 0.469 e. The van der Waals surface area contributed by atoms with Gasteiger partial charge in [-0.2, -0.15) is 0 Å². The second-order valence-electron chi connectivity index (χ2n) is 7.50. The molecule has 0 aliphatic carbocycles. The van der Waals surface area contributed by atoms with Crippen molar-refractivity contribution in [3.8, 4) is 0 Å². The number of hydrogen-bond donors (Lipinski definition) is 2. The van der Waals surface area contributed by atoms with Crippen LogP contribution in [0.5, 0.6) is 0 Å².